The number of fused-ring (bicyclic) bond motifs is 3. The number of carbonyl (C=O) groups is 2. The fourth-order valence-electron chi connectivity index (χ4n) is 5.31. The van der Waals surface area contributed by atoms with Gasteiger partial charge in [-0.2, -0.15) is 0 Å². The predicted octanol–water partition coefficient (Wildman–Crippen LogP) is 4.57. The third kappa shape index (κ3) is 6.55. The van der Waals surface area contributed by atoms with E-state index in [0.29, 0.717) is 67.8 Å². The lowest BCUT2D eigenvalue weighted by atomic mass is 10.0. The van der Waals surface area contributed by atoms with Crippen molar-refractivity contribution in [2.75, 3.05) is 45.8 Å². The first kappa shape index (κ1) is 30.5. The van der Waals surface area contributed by atoms with Crippen molar-refractivity contribution in [3.05, 3.63) is 69.1 Å². The van der Waals surface area contributed by atoms with Crippen LogP contribution in [0.4, 0.5) is 4.39 Å². The summed E-state index contributed by atoms with van der Waals surface area (Å²) in [6, 6.07) is 10.4. The number of nitrogens with zero attached hydrogens (tertiary/aromatic N) is 4. The van der Waals surface area contributed by atoms with Crippen molar-refractivity contribution in [3.63, 3.8) is 0 Å². The number of para-hydroxylation sites is 1. The smallest absolute Gasteiger partial charge is 0.317 e. The summed E-state index contributed by atoms with van der Waals surface area (Å²) in [5.41, 5.74) is 3.39. The molecule has 0 radical (unpaired) electrons. The number of carbonyl (C=O) groups excluding carboxylic acids is 1. The molecule has 3 heterocycles. The first-order valence-electron chi connectivity index (χ1n) is 12.0. The molecule has 5 rings (SSSR count). The van der Waals surface area contributed by atoms with Gasteiger partial charge in [0.05, 0.1) is 25.2 Å². The second kappa shape index (κ2) is 12.9. The summed E-state index contributed by atoms with van der Waals surface area (Å²) in [5.74, 6) is -1.11. The Hall–Kier alpha value is -2.07. The average molecular weight is 606 g/mol. The highest BCUT2D eigenvalue weighted by Crippen LogP contribution is 2.33. The second-order valence-corrected chi connectivity index (χ2v) is 10.3. The topological polar surface area (TPSA) is 69.0 Å². The number of halogens is 5. The van der Waals surface area contributed by atoms with Crippen LogP contribution in [-0.4, -0.2) is 82.1 Å². The summed E-state index contributed by atoms with van der Waals surface area (Å²) in [5, 5.41) is 10.9. The van der Waals surface area contributed by atoms with Crippen LogP contribution in [0.2, 0.25) is 10.0 Å². The van der Waals surface area contributed by atoms with Gasteiger partial charge in [-0.05, 0) is 41.8 Å². The monoisotopic (exact) mass is 604 g/mol. The lowest BCUT2D eigenvalue weighted by molar-refractivity contribution is -0.139. The van der Waals surface area contributed by atoms with Gasteiger partial charge in [0.1, 0.15) is 5.82 Å². The summed E-state index contributed by atoms with van der Waals surface area (Å²) in [6.45, 7) is 4.22. The normalized spacial score (nSPS) is 16.0. The SMILES string of the molecule is Cl.Cl.O=C(O)CN1CCN(CC(=O)N2CCc3c(n(Cc4cc(Cl)cc(Cl)c4)c4c(F)cccc34)C2)CC1. The fourth-order valence-corrected chi connectivity index (χ4v) is 5.88. The number of hydrogen-bond donors (Lipinski definition) is 1. The van der Waals surface area contributed by atoms with Crippen molar-refractivity contribution in [1.29, 1.82) is 0 Å². The maximum atomic E-state index is 15.1. The minimum atomic E-state index is -0.837. The third-order valence-electron chi connectivity index (χ3n) is 7.03. The van der Waals surface area contributed by atoms with Crippen LogP contribution in [0.15, 0.2) is 36.4 Å². The molecule has 0 bridgehead atoms. The van der Waals surface area contributed by atoms with E-state index in [1.807, 2.05) is 32.6 Å². The van der Waals surface area contributed by atoms with Crippen LogP contribution >= 0.6 is 48.0 Å². The molecule has 3 aromatic rings. The van der Waals surface area contributed by atoms with Gasteiger partial charge in [-0.3, -0.25) is 19.4 Å². The van der Waals surface area contributed by atoms with E-state index in [9.17, 15) is 9.59 Å². The van der Waals surface area contributed by atoms with Crippen LogP contribution in [-0.2, 0) is 29.1 Å². The van der Waals surface area contributed by atoms with Gasteiger partial charge in [0.15, 0.2) is 0 Å². The number of carboxylic acids is 1. The van der Waals surface area contributed by atoms with Crippen molar-refractivity contribution >= 4 is 70.8 Å². The number of piperazine rings is 1. The van der Waals surface area contributed by atoms with Gasteiger partial charge < -0.3 is 14.6 Å². The van der Waals surface area contributed by atoms with E-state index in [1.165, 1.54) is 6.07 Å². The maximum Gasteiger partial charge on any atom is 0.317 e. The predicted molar refractivity (Wildman–Crippen MR) is 152 cm³/mol. The molecule has 1 fully saturated rings. The van der Waals surface area contributed by atoms with Crippen molar-refractivity contribution in [2.24, 2.45) is 0 Å². The van der Waals surface area contributed by atoms with Crippen LogP contribution in [0, 0.1) is 5.82 Å². The average Bonchev–Trinajstić information content (AvgIpc) is 3.13. The number of aromatic nitrogens is 1. The first-order chi connectivity index (χ1) is 17.3. The molecule has 0 unspecified atom stereocenters. The van der Waals surface area contributed by atoms with E-state index in [2.05, 4.69) is 4.90 Å². The summed E-state index contributed by atoms with van der Waals surface area (Å²) < 4.78 is 17.0. The molecule has 7 nitrogen and oxygen atoms in total. The quantitative estimate of drug-likeness (QED) is 0.446. The summed E-state index contributed by atoms with van der Waals surface area (Å²) in [6.07, 6.45) is 0.650. The second-order valence-electron chi connectivity index (χ2n) is 9.44. The lowest BCUT2D eigenvalue weighted by Crippen LogP contribution is -2.51. The number of amides is 1. The summed E-state index contributed by atoms with van der Waals surface area (Å²) >= 11 is 12.4. The van der Waals surface area contributed by atoms with Gasteiger partial charge in [-0.1, -0.05) is 35.3 Å². The number of aliphatic carboxylic acids is 1. The molecular weight excluding hydrogens is 577 g/mol. The Morgan fingerprint density at radius 2 is 1.55 bits per heavy atom. The number of rotatable bonds is 6. The van der Waals surface area contributed by atoms with Gasteiger partial charge in [-0.15, -0.1) is 24.8 Å². The number of benzene rings is 2. The number of hydrogen-bond acceptors (Lipinski definition) is 4. The molecule has 12 heteroatoms. The molecule has 0 atom stereocenters. The molecule has 1 N–H and O–H groups in total. The van der Waals surface area contributed by atoms with E-state index in [-0.39, 0.29) is 49.6 Å². The molecule has 2 aliphatic heterocycles. The molecule has 38 heavy (non-hydrogen) atoms. The van der Waals surface area contributed by atoms with E-state index >= 15 is 4.39 Å². The van der Waals surface area contributed by atoms with Gasteiger partial charge in [0, 0.05) is 60.4 Å². The molecule has 1 aromatic heterocycles. The van der Waals surface area contributed by atoms with Gasteiger partial charge >= 0.3 is 5.97 Å². The molecule has 0 saturated carbocycles. The van der Waals surface area contributed by atoms with Crippen molar-refractivity contribution in [3.8, 4) is 0 Å². The molecule has 1 saturated heterocycles. The highest BCUT2D eigenvalue weighted by atomic mass is 35.5. The Labute approximate surface area is 242 Å². The number of carboxylic acid groups (broad SMARTS) is 1. The van der Waals surface area contributed by atoms with Crippen molar-refractivity contribution in [1.82, 2.24) is 19.3 Å². The highest BCUT2D eigenvalue weighted by molar-refractivity contribution is 6.34. The third-order valence-corrected chi connectivity index (χ3v) is 7.46. The van der Waals surface area contributed by atoms with E-state index in [1.54, 1.807) is 12.1 Å². The lowest BCUT2D eigenvalue weighted by Gasteiger charge is -2.35. The van der Waals surface area contributed by atoms with Crippen molar-refractivity contribution in [2.45, 2.75) is 19.5 Å². The molecule has 2 aromatic carbocycles. The van der Waals surface area contributed by atoms with Crippen LogP contribution in [0.5, 0.6) is 0 Å². The Morgan fingerprint density at radius 1 is 0.921 bits per heavy atom. The highest BCUT2D eigenvalue weighted by Gasteiger charge is 2.29. The van der Waals surface area contributed by atoms with Crippen LogP contribution < -0.4 is 0 Å². The van der Waals surface area contributed by atoms with Gasteiger partial charge in [-0.25, -0.2) is 4.39 Å². The zero-order chi connectivity index (χ0) is 25.4. The molecule has 0 spiro atoms. The van der Waals surface area contributed by atoms with E-state index in [0.717, 1.165) is 22.2 Å². The van der Waals surface area contributed by atoms with E-state index < -0.39 is 5.97 Å². The molecule has 1 amide bonds. The minimum Gasteiger partial charge on any atom is -0.480 e. The van der Waals surface area contributed by atoms with Crippen LogP contribution in [0.1, 0.15) is 16.8 Å². The minimum absolute atomic E-state index is 0. The first-order valence-corrected chi connectivity index (χ1v) is 12.7. The van der Waals surface area contributed by atoms with E-state index in [4.69, 9.17) is 28.3 Å². The molecular formula is C26H29Cl4FN4O3. The van der Waals surface area contributed by atoms with Crippen LogP contribution in [0.3, 0.4) is 0 Å². The molecule has 0 aliphatic carbocycles. The largest absolute Gasteiger partial charge is 0.480 e. The maximum absolute atomic E-state index is 15.1. The Balaban J connectivity index is 0.00000200. The molecule has 206 valence electrons. The zero-order valence-electron chi connectivity index (χ0n) is 20.5. The standard InChI is InChI=1S/C26H27Cl2FN4O3.2ClH/c27-18-10-17(11-19(28)12-18)13-33-23-14-32(5-4-20(23)21-2-1-3-22(29)26(21)33)24(34)15-30-6-8-31(9-7-30)16-25(35)36;;/h1-3,10-12H,4-9,13-16H2,(H,35,36);2*1H. The summed E-state index contributed by atoms with van der Waals surface area (Å²) in [7, 11) is 0. The van der Waals surface area contributed by atoms with Gasteiger partial charge in [0.25, 0.3) is 0 Å². The van der Waals surface area contributed by atoms with Gasteiger partial charge in [0.2, 0.25) is 5.91 Å². The summed E-state index contributed by atoms with van der Waals surface area (Å²) in [4.78, 5) is 30.0. The zero-order valence-corrected chi connectivity index (χ0v) is 23.7. The fraction of sp³-hybridized carbons (Fsp3) is 0.385. The Kier molecular flexibility index (Phi) is 10.3. The Morgan fingerprint density at radius 3 is 2.18 bits per heavy atom. The van der Waals surface area contributed by atoms with Crippen LogP contribution in [0.25, 0.3) is 10.9 Å². The van der Waals surface area contributed by atoms with Crippen molar-refractivity contribution < 1.29 is 19.1 Å². The Bertz CT molecular complexity index is 1310. The molecule has 2 aliphatic rings.